The summed E-state index contributed by atoms with van der Waals surface area (Å²) in [5.41, 5.74) is 1.12. The van der Waals surface area contributed by atoms with E-state index in [1.807, 2.05) is 29.2 Å². The van der Waals surface area contributed by atoms with Crippen LogP contribution in [0.3, 0.4) is 0 Å². The zero-order valence-corrected chi connectivity index (χ0v) is 19.9. The van der Waals surface area contributed by atoms with Crippen LogP contribution < -0.4 is 14.8 Å². The second-order valence-corrected chi connectivity index (χ2v) is 8.45. The standard InChI is InChI=1S/C25H32ClN3O4/c1-32-22-8-3-20(4-9-22)5-12-25(31)29-15-2-14-28(16-17-29)19-24(30)27-13-18-33-23-10-6-21(26)7-11-23/h3-4,6-11H,2,5,12-19H2,1H3,(H,27,30). The van der Waals surface area contributed by atoms with Crippen LogP contribution in [0.2, 0.25) is 5.02 Å². The number of ether oxygens (including phenoxy) is 2. The molecule has 0 bridgehead atoms. The van der Waals surface area contributed by atoms with E-state index in [0.717, 1.165) is 36.6 Å². The smallest absolute Gasteiger partial charge is 0.234 e. The lowest BCUT2D eigenvalue weighted by molar-refractivity contribution is -0.131. The fourth-order valence-corrected chi connectivity index (χ4v) is 3.86. The van der Waals surface area contributed by atoms with E-state index in [9.17, 15) is 9.59 Å². The Kier molecular flexibility index (Phi) is 9.84. The lowest BCUT2D eigenvalue weighted by Crippen LogP contribution is -2.41. The predicted octanol–water partition coefficient (Wildman–Crippen LogP) is 3.01. The lowest BCUT2D eigenvalue weighted by Gasteiger charge is -2.22. The van der Waals surface area contributed by atoms with Crippen molar-refractivity contribution in [2.45, 2.75) is 19.3 Å². The molecule has 178 valence electrons. The van der Waals surface area contributed by atoms with Crippen LogP contribution in [0.15, 0.2) is 48.5 Å². The van der Waals surface area contributed by atoms with Crippen LogP contribution in [0.1, 0.15) is 18.4 Å². The molecule has 1 N–H and O–H groups in total. The van der Waals surface area contributed by atoms with E-state index in [1.165, 1.54) is 0 Å². The molecule has 1 saturated heterocycles. The van der Waals surface area contributed by atoms with Crippen LogP contribution in [-0.2, 0) is 16.0 Å². The summed E-state index contributed by atoms with van der Waals surface area (Å²) in [6.45, 7) is 4.03. The first-order valence-electron chi connectivity index (χ1n) is 11.3. The maximum atomic E-state index is 12.7. The zero-order valence-electron chi connectivity index (χ0n) is 19.1. The average Bonchev–Trinajstić information content (AvgIpc) is 3.07. The van der Waals surface area contributed by atoms with Gasteiger partial charge in [-0.2, -0.15) is 0 Å². The molecule has 0 radical (unpaired) electrons. The van der Waals surface area contributed by atoms with Gasteiger partial charge in [0.25, 0.3) is 0 Å². The molecule has 0 saturated carbocycles. The Morgan fingerprint density at radius 2 is 1.70 bits per heavy atom. The molecule has 0 atom stereocenters. The third-order valence-electron chi connectivity index (χ3n) is 5.60. The molecule has 2 amide bonds. The number of benzene rings is 2. The number of hydrogen-bond donors (Lipinski definition) is 1. The number of amides is 2. The SMILES string of the molecule is COc1ccc(CCC(=O)N2CCCN(CC(=O)NCCOc3ccc(Cl)cc3)CC2)cc1. The normalized spacial score (nSPS) is 14.4. The zero-order chi connectivity index (χ0) is 23.5. The van der Waals surface area contributed by atoms with Crippen LogP contribution >= 0.6 is 11.6 Å². The van der Waals surface area contributed by atoms with E-state index in [-0.39, 0.29) is 11.8 Å². The Morgan fingerprint density at radius 1 is 0.970 bits per heavy atom. The maximum Gasteiger partial charge on any atom is 0.234 e. The predicted molar refractivity (Wildman–Crippen MR) is 129 cm³/mol. The molecule has 7 nitrogen and oxygen atoms in total. The van der Waals surface area contributed by atoms with Crippen molar-refractivity contribution in [3.8, 4) is 11.5 Å². The van der Waals surface area contributed by atoms with Gasteiger partial charge in [0.1, 0.15) is 18.1 Å². The highest BCUT2D eigenvalue weighted by Crippen LogP contribution is 2.15. The molecule has 2 aromatic carbocycles. The van der Waals surface area contributed by atoms with E-state index in [1.54, 1.807) is 31.4 Å². The molecule has 8 heteroatoms. The summed E-state index contributed by atoms with van der Waals surface area (Å²) in [6.07, 6.45) is 2.06. The Bertz CT molecular complexity index is 890. The van der Waals surface area contributed by atoms with Crippen LogP contribution in [0, 0.1) is 0 Å². The molecule has 1 heterocycles. The number of hydrogen-bond acceptors (Lipinski definition) is 5. The van der Waals surface area contributed by atoms with Crippen LogP contribution in [0.25, 0.3) is 0 Å². The van der Waals surface area contributed by atoms with Gasteiger partial charge in [0.2, 0.25) is 11.8 Å². The number of nitrogens with zero attached hydrogens (tertiary/aromatic N) is 2. The second kappa shape index (κ2) is 13.1. The van der Waals surface area contributed by atoms with Crippen LogP contribution in [0.4, 0.5) is 0 Å². The number of rotatable bonds is 10. The van der Waals surface area contributed by atoms with Crippen molar-refractivity contribution in [3.05, 3.63) is 59.1 Å². The van der Waals surface area contributed by atoms with Crippen molar-refractivity contribution in [2.24, 2.45) is 0 Å². The summed E-state index contributed by atoms with van der Waals surface area (Å²) < 4.78 is 10.8. The van der Waals surface area contributed by atoms with Crippen molar-refractivity contribution in [3.63, 3.8) is 0 Å². The van der Waals surface area contributed by atoms with Crippen molar-refractivity contribution in [1.82, 2.24) is 15.1 Å². The quantitative estimate of drug-likeness (QED) is 0.537. The van der Waals surface area contributed by atoms with Gasteiger partial charge >= 0.3 is 0 Å². The second-order valence-electron chi connectivity index (χ2n) is 8.01. The van der Waals surface area contributed by atoms with E-state index < -0.39 is 0 Å². The number of carbonyl (C=O) groups excluding carboxylic acids is 2. The van der Waals surface area contributed by atoms with Crippen LogP contribution in [-0.4, -0.2) is 74.6 Å². The minimum atomic E-state index is -0.0333. The van der Waals surface area contributed by atoms with Gasteiger partial charge in [0.05, 0.1) is 20.2 Å². The van der Waals surface area contributed by atoms with Gasteiger partial charge < -0.3 is 19.7 Å². The van der Waals surface area contributed by atoms with Gasteiger partial charge in [-0.15, -0.1) is 0 Å². The molecule has 2 aromatic rings. The van der Waals surface area contributed by atoms with E-state index in [4.69, 9.17) is 21.1 Å². The Hall–Kier alpha value is -2.77. The molecular weight excluding hydrogens is 442 g/mol. The number of nitrogens with one attached hydrogen (secondary N) is 1. The highest BCUT2D eigenvalue weighted by Gasteiger charge is 2.20. The van der Waals surface area contributed by atoms with E-state index in [2.05, 4.69) is 10.2 Å². The Balaban J connectivity index is 1.32. The fraction of sp³-hybridized carbons (Fsp3) is 0.440. The molecule has 1 aliphatic rings. The van der Waals surface area contributed by atoms with Gasteiger partial charge in [0.15, 0.2) is 0 Å². The average molecular weight is 474 g/mol. The minimum Gasteiger partial charge on any atom is -0.497 e. The number of carbonyl (C=O) groups is 2. The molecule has 33 heavy (non-hydrogen) atoms. The van der Waals surface area contributed by atoms with Crippen molar-refractivity contribution in [2.75, 3.05) is 53.0 Å². The topological polar surface area (TPSA) is 71.1 Å². The van der Waals surface area contributed by atoms with Gasteiger partial charge in [-0.1, -0.05) is 23.7 Å². The summed E-state index contributed by atoms with van der Waals surface area (Å²) in [5.74, 6) is 1.67. The molecule has 0 aliphatic carbocycles. The Labute approximate surface area is 200 Å². The fourth-order valence-electron chi connectivity index (χ4n) is 3.73. The molecule has 1 fully saturated rings. The number of aryl methyl sites for hydroxylation is 1. The summed E-state index contributed by atoms with van der Waals surface area (Å²) >= 11 is 5.85. The third kappa shape index (κ3) is 8.59. The van der Waals surface area contributed by atoms with Gasteiger partial charge in [0, 0.05) is 37.6 Å². The highest BCUT2D eigenvalue weighted by atomic mass is 35.5. The number of methoxy groups -OCH3 is 1. The summed E-state index contributed by atoms with van der Waals surface area (Å²) in [6, 6.07) is 14.9. The minimum absolute atomic E-state index is 0.0333. The van der Waals surface area contributed by atoms with Crippen molar-refractivity contribution in [1.29, 1.82) is 0 Å². The number of halogens is 1. The van der Waals surface area contributed by atoms with Gasteiger partial charge in [-0.05, 0) is 54.8 Å². The van der Waals surface area contributed by atoms with Gasteiger partial charge in [-0.3, -0.25) is 14.5 Å². The first-order chi connectivity index (χ1) is 16.0. The molecule has 0 spiro atoms. The van der Waals surface area contributed by atoms with Crippen LogP contribution in [0.5, 0.6) is 11.5 Å². The molecule has 1 aliphatic heterocycles. The molecule has 0 aromatic heterocycles. The maximum absolute atomic E-state index is 12.7. The largest absolute Gasteiger partial charge is 0.497 e. The monoisotopic (exact) mass is 473 g/mol. The van der Waals surface area contributed by atoms with E-state index >= 15 is 0 Å². The highest BCUT2D eigenvalue weighted by molar-refractivity contribution is 6.30. The van der Waals surface area contributed by atoms with E-state index in [0.29, 0.717) is 50.7 Å². The summed E-state index contributed by atoms with van der Waals surface area (Å²) in [5, 5.41) is 3.55. The third-order valence-corrected chi connectivity index (χ3v) is 5.85. The van der Waals surface area contributed by atoms with Crippen molar-refractivity contribution >= 4 is 23.4 Å². The summed E-state index contributed by atoms with van der Waals surface area (Å²) in [4.78, 5) is 29.0. The van der Waals surface area contributed by atoms with Crippen molar-refractivity contribution < 1.29 is 19.1 Å². The first kappa shape index (κ1) is 24.9. The molecular formula is C25H32ClN3O4. The summed E-state index contributed by atoms with van der Waals surface area (Å²) in [7, 11) is 1.64. The Morgan fingerprint density at radius 3 is 2.42 bits per heavy atom. The molecule has 3 rings (SSSR count). The molecule has 0 unspecified atom stereocenters. The first-order valence-corrected chi connectivity index (χ1v) is 11.7. The lowest BCUT2D eigenvalue weighted by atomic mass is 10.1. The van der Waals surface area contributed by atoms with Gasteiger partial charge in [-0.25, -0.2) is 0 Å².